The van der Waals surface area contributed by atoms with Gasteiger partial charge in [0.25, 0.3) is 0 Å². The molecule has 1 N–H and O–H groups in total. The van der Waals surface area contributed by atoms with Crippen LogP contribution in [-0.2, 0) is 14.3 Å². The van der Waals surface area contributed by atoms with E-state index in [-0.39, 0.29) is 46.6 Å². The summed E-state index contributed by atoms with van der Waals surface area (Å²) in [5.41, 5.74) is 0.141. The van der Waals surface area contributed by atoms with Crippen LogP contribution in [0, 0.1) is 28.1 Å². The smallest absolute Gasteiger partial charge is 0.331 e. The summed E-state index contributed by atoms with van der Waals surface area (Å²) in [5.74, 6) is 0.303. The maximum Gasteiger partial charge on any atom is 0.331 e. The van der Waals surface area contributed by atoms with Gasteiger partial charge in [-0.3, -0.25) is 4.79 Å². The number of ether oxygens (including phenoxy) is 1. The van der Waals surface area contributed by atoms with Crippen molar-refractivity contribution in [1.29, 1.82) is 0 Å². The second-order valence-electron chi connectivity index (χ2n) is 9.47. The van der Waals surface area contributed by atoms with E-state index in [0.717, 1.165) is 31.3 Å². The highest BCUT2D eigenvalue weighted by atomic mass is 16.5. The summed E-state index contributed by atoms with van der Waals surface area (Å²) in [4.78, 5) is 25.1. The molecule has 6 unspecified atom stereocenters. The van der Waals surface area contributed by atoms with E-state index >= 15 is 0 Å². The van der Waals surface area contributed by atoms with Gasteiger partial charge >= 0.3 is 5.97 Å². The lowest BCUT2D eigenvalue weighted by Gasteiger charge is -2.64. The normalized spacial score (nSPS) is 49.6. The molecule has 0 amide bonds. The van der Waals surface area contributed by atoms with Crippen molar-refractivity contribution in [3.63, 3.8) is 0 Å². The van der Waals surface area contributed by atoms with Gasteiger partial charge in [-0.25, -0.2) is 4.79 Å². The van der Waals surface area contributed by atoms with Crippen molar-refractivity contribution >= 4 is 11.8 Å². The highest BCUT2D eigenvalue weighted by Gasteiger charge is 2.67. The average molecular weight is 332 g/mol. The second kappa shape index (κ2) is 4.72. The molecule has 3 fully saturated rings. The minimum atomic E-state index is -0.611. The lowest BCUT2D eigenvalue weighted by molar-refractivity contribution is -0.199. The first kappa shape index (κ1) is 16.3. The molecule has 132 valence electrons. The Kier molecular flexibility index (Phi) is 3.21. The van der Waals surface area contributed by atoms with Crippen LogP contribution in [0.3, 0.4) is 0 Å². The van der Waals surface area contributed by atoms with E-state index in [0.29, 0.717) is 6.42 Å². The topological polar surface area (TPSA) is 63.6 Å². The summed E-state index contributed by atoms with van der Waals surface area (Å²) in [7, 11) is 0. The molecule has 3 saturated carbocycles. The van der Waals surface area contributed by atoms with Crippen molar-refractivity contribution < 1.29 is 19.4 Å². The van der Waals surface area contributed by atoms with Crippen molar-refractivity contribution in [2.45, 2.75) is 72.0 Å². The Bertz CT molecular complexity index is 648. The Morgan fingerprint density at radius 3 is 2.54 bits per heavy atom. The van der Waals surface area contributed by atoms with Crippen LogP contribution in [0.5, 0.6) is 0 Å². The third kappa shape index (κ3) is 1.78. The van der Waals surface area contributed by atoms with Gasteiger partial charge in [0.1, 0.15) is 11.9 Å². The average Bonchev–Trinajstić information content (AvgIpc) is 2.89. The maximum atomic E-state index is 13.3. The molecule has 4 aliphatic rings. The van der Waals surface area contributed by atoms with Crippen LogP contribution >= 0.6 is 0 Å². The molecular formula is C20H28O4. The molecule has 3 aliphatic carbocycles. The molecule has 0 aromatic rings. The van der Waals surface area contributed by atoms with Crippen molar-refractivity contribution in [1.82, 2.24) is 0 Å². The molecule has 4 nitrogen and oxygen atoms in total. The van der Waals surface area contributed by atoms with E-state index in [1.165, 1.54) is 0 Å². The summed E-state index contributed by atoms with van der Waals surface area (Å²) >= 11 is 0. The molecule has 4 rings (SSSR count). The Labute approximate surface area is 143 Å². The van der Waals surface area contributed by atoms with Gasteiger partial charge in [-0.2, -0.15) is 0 Å². The zero-order chi connectivity index (χ0) is 17.5. The number of hydrogen-bond donors (Lipinski definition) is 1. The molecular weight excluding hydrogens is 304 g/mol. The van der Waals surface area contributed by atoms with Gasteiger partial charge < -0.3 is 9.84 Å². The zero-order valence-electron chi connectivity index (χ0n) is 15.1. The van der Waals surface area contributed by atoms with Crippen molar-refractivity contribution in [2.75, 3.05) is 0 Å². The zero-order valence-corrected chi connectivity index (χ0v) is 15.1. The molecule has 0 aromatic heterocycles. The highest BCUT2D eigenvalue weighted by Crippen LogP contribution is 2.67. The van der Waals surface area contributed by atoms with Crippen molar-refractivity contribution in [3.8, 4) is 0 Å². The summed E-state index contributed by atoms with van der Waals surface area (Å²) in [6, 6.07) is 0. The summed E-state index contributed by atoms with van der Waals surface area (Å²) in [5, 5.41) is 10.5. The van der Waals surface area contributed by atoms with E-state index in [9.17, 15) is 14.7 Å². The fourth-order valence-electron chi connectivity index (χ4n) is 6.71. The Morgan fingerprint density at radius 1 is 1.12 bits per heavy atom. The number of hydrogen-bond acceptors (Lipinski definition) is 4. The van der Waals surface area contributed by atoms with Gasteiger partial charge in [0, 0.05) is 12.5 Å². The second-order valence-corrected chi connectivity index (χ2v) is 9.47. The number of ketones is 1. The molecule has 0 saturated heterocycles. The van der Waals surface area contributed by atoms with Crippen LogP contribution in [0.1, 0.15) is 59.8 Å². The quantitative estimate of drug-likeness (QED) is 0.693. The molecule has 0 spiro atoms. The Balaban J connectivity index is 1.80. The van der Waals surface area contributed by atoms with Crippen molar-refractivity contribution in [2.24, 2.45) is 28.1 Å². The standard InChI is InChI=1S/C20H28O4/c1-18(2)13-10-15(22)20(4)12(19(13,3)8-7-14(18)21)6-5-11-9-16(23)24-17(11)20/h9,12-14,17,21H,5-8,10H2,1-4H3. The van der Waals surface area contributed by atoms with E-state index in [1.54, 1.807) is 6.08 Å². The minimum absolute atomic E-state index is 0.00587. The van der Waals surface area contributed by atoms with Crippen molar-refractivity contribution in [3.05, 3.63) is 11.6 Å². The predicted octanol–water partition coefficient (Wildman–Crippen LogP) is 3.03. The molecule has 6 atom stereocenters. The number of carbonyl (C=O) groups excluding carboxylic acids is 2. The van der Waals surface area contributed by atoms with Gasteiger partial charge in [0.2, 0.25) is 0 Å². The van der Waals surface area contributed by atoms with Gasteiger partial charge in [-0.15, -0.1) is 0 Å². The summed E-state index contributed by atoms with van der Waals surface area (Å²) in [6.07, 6.45) is 4.86. The largest absolute Gasteiger partial charge is 0.454 e. The number of fused-ring (bicyclic) bond motifs is 5. The number of esters is 1. The van der Waals surface area contributed by atoms with E-state index < -0.39 is 5.41 Å². The van der Waals surface area contributed by atoms with Gasteiger partial charge in [-0.1, -0.05) is 20.8 Å². The first-order valence-corrected chi connectivity index (χ1v) is 9.24. The van der Waals surface area contributed by atoms with Gasteiger partial charge in [-0.05, 0) is 60.8 Å². The molecule has 24 heavy (non-hydrogen) atoms. The van der Waals surface area contributed by atoms with Crippen LogP contribution in [0.4, 0.5) is 0 Å². The highest BCUT2D eigenvalue weighted by molar-refractivity contribution is 5.92. The van der Waals surface area contributed by atoms with E-state index in [1.807, 2.05) is 6.92 Å². The van der Waals surface area contributed by atoms with Crippen LogP contribution in [-0.4, -0.2) is 29.1 Å². The monoisotopic (exact) mass is 332 g/mol. The number of aliphatic hydroxyl groups excluding tert-OH is 1. The van der Waals surface area contributed by atoms with Crippen LogP contribution in [0.2, 0.25) is 0 Å². The summed E-state index contributed by atoms with van der Waals surface area (Å²) in [6.45, 7) is 8.56. The fourth-order valence-corrected chi connectivity index (χ4v) is 6.71. The lowest BCUT2D eigenvalue weighted by Crippen LogP contribution is -2.65. The van der Waals surface area contributed by atoms with Gasteiger partial charge in [0.15, 0.2) is 0 Å². The minimum Gasteiger partial charge on any atom is -0.454 e. The third-order valence-electron chi connectivity index (χ3n) is 8.16. The molecule has 0 radical (unpaired) electrons. The first-order valence-electron chi connectivity index (χ1n) is 9.24. The van der Waals surface area contributed by atoms with Crippen LogP contribution < -0.4 is 0 Å². The lowest BCUT2D eigenvalue weighted by atomic mass is 9.39. The number of rotatable bonds is 0. The number of Topliss-reactive ketones (excluding diaryl/α,β-unsaturated/α-hetero) is 1. The summed E-state index contributed by atoms with van der Waals surface area (Å²) < 4.78 is 5.60. The molecule has 0 aromatic carbocycles. The number of carbonyl (C=O) groups is 2. The van der Waals surface area contributed by atoms with E-state index in [2.05, 4.69) is 20.8 Å². The molecule has 0 bridgehead atoms. The van der Waals surface area contributed by atoms with Gasteiger partial charge in [0.05, 0.1) is 11.5 Å². The first-order chi connectivity index (χ1) is 11.1. The molecule has 4 heteroatoms. The van der Waals surface area contributed by atoms with Crippen LogP contribution in [0.25, 0.3) is 0 Å². The van der Waals surface area contributed by atoms with Crippen LogP contribution in [0.15, 0.2) is 11.6 Å². The Hall–Kier alpha value is -1.16. The Morgan fingerprint density at radius 2 is 1.83 bits per heavy atom. The fraction of sp³-hybridized carbons (Fsp3) is 0.800. The predicted molar refractivity (Wildman–Crippen MR) is 89.0 cm³/mol. The molecule has 1 heterocycles. The SMILES string of the molecule is CC1(C)C(O)CCC2(C)C1CC(=O)C1(C)C3OC(=O)C=C3CCC21. The third-order valence-corrected chi connectivity index (χ3v) is 8.16. The van der Waals surface area contributed by atoms with E-state index in [4.69, 9.17) is 4.74 Å². The molecule has 1 aliphatic heterocycles. The maximum absolute atomic E-state index is 13.3. The number of aliphatic hydroxyl groups is 1.